The van der Waals surface area contributed by atoms with Crippen molar-refractivity contribution >= 4 is 0 Å². The predicted octanol–water partition coefficient (Wildman–Crippen LogP) is 2.58. The first-order valence-electron chi connectivity index (χ1n) is 5.84. The molecule has 0 radical (unpaired) electrons. The van der Waals surface area contributed by atoms with Crippen LogP contribution in [0, 0.1) is 6.92 Å². The molecule has 2 aromatic rings. The zero-order chi connectivity index (χ0) is 12.3. The molecule has 0 bridgehead atoms. The summed E-state index contributed by atoms with van der Waals surface area (Å²) >= 11 is 0. The van der Waals surface area contributed by atoms with Crippen LogP contribution in [0.4, 0.5) is 0 Å². The topological polar surface area (TPSA) is 52.0 Å². The van der Waals surface area contributed by atoms with E-state index < -0.39 is 0 Å². The van der Waals surface area contributed by atoms with Crippen LogP contribution in [0.2, 0.25) is 0 Å². The van der Waals surface area contributed by atoms with Crippen LogP contribution in [0.5, 0.6) is 0 Å². The van der Waals surface area contributed by atoms with Crippen LogP contribution in [-0.4, -0.2) is 0 Å². The monoisotopic (exact) mass is 226 g/mol. The van der Waals surface area contributed by atoms with Crippen LogP contribution >= 0.6 is 0 Å². The molecule has 0 aliphatic heterocycles. The SMILES string of the molecule is Cc1ccc(-c2ccccc2CN)cc1CN. The van der Waals surface area contributed by atoms with Gasteiger partial charge in [0.05, 0.1) is 0 Å². The van der Waals surface area contributed by atoms with Gasteiger partial charge in [-0.05, 0) is 40.8 Å². The van der Waals surface area contributed by atoms with Gasteiger partial charge in [-0.15, -0.1) is 0 Å². The van der Waals surface area contributed by atoms with Gasteiger partial charge in [0.15, 0.2) is 0 Å². The summed E-state index contributed by atoms with van der Waals surface area (Å²) in [5.74, 6) is 0. The summed E-state index contributed by atoms with van der Waals surface area (Å²) in [5, 5.41) is 0. The van der Waals surface area contributed by atoms with Crippen molar-refractivity contribution in [2.75, 3.05) is 0 Å². The molecule has 2 heteroatoms. The molecule has 0 saturated carbocycles. The lowest BCUT2D eigenvalue weighted by molar-refractivity contribution is 1.05. The van der Waals surface area contributed by atoms with E-state index in [-0.39, 0.29) is 0 Å². The minimum atomic E-state index is 0.558. The maximum absolute atomic E-state index is 5.76. The van der Waals surface area contributed by atoms with Crippen LogP contribution in [0.15, 0.2) is 42.5 Å². The molecule has 0 atom stereocenters. The smallest absolute Gasteiger partial charge is 0.0184 e. The Labute approximate surface area is 102 Å². The van der Waals surface area contributed by atoms with Crippen LogP contribution in [0.25, 0.3) is 11.1 Å². The Morgan fingerprint density at radius 3 is 2.29 bits per heavy atom. The second kappa shape index (κ2) is 5.13. The van der Waals surface area contributed by atoms with Crippen molar-refractivity contribution in [3.05, 3.63) is 59.2 Å². The summed E-state index contributed by atoms with van der Waals surface area (Å²) in [6.07, 6.45) is 0. The fraction of sp³-hybridized carbons (Fsp3) is 0.200. The molecule has 0 saturated heterocycles. The zero-order valence-electron chi connectivity index (χ0n) is 10.1. The first-order valence-corrected chi connectivity index (χ1v) is 5.84. The molecular formula is C15H18N2. The lowest BCUT2D eigenvalue weighted by Gasteiger charge is -2.10. The quantitative estimate of drug-likeness (QED) is 0.845. The molecule has 0 aromatic heterocycles. The van der Waals surface area contributed by atoms with Crippen molar-refractivity contribution in [3.63, 3.8) is 0 Å². The van der Waals surface area contributed by atoms with Crippen LogP contribution in [-0.2, 0) is 13.1 Å². The minimum absolute atomic E-state index is 0.558. The average molecular weight is 226 g/mol. The lowest BCUT2D eigenvalue weighted by Crippen LogP contribution is -2.01. The molecule has 2 nitrogen and oxygen atoms in total. The van der Waals surface area contributed by atoms with Crippen molar-refractivity contribution in [2.45, 2.75) is 20.0 Å². The van der Waals surface area contributed by atoms with Crippen molar-refractivity contribution in [1.29, 1.82) is 0 Å². The van der Waals surface area contributed by atoms with Gasteiger partial charge < -0.3 is 11.5 Å². The van der Waals surface area contributed by atoms with E-state index >= 15 is 0 Å². The van der Waals surface area contributed by atoms with Gasteiger partial charge in [0.2, 0.25) is 0 Å². The van der Waals surface area contributed by atoms with Gasteiger partial charge in [-0.25, -0.2) is 0 Å². The molecule has 0 aliphatic carbocycles. The van der Waals surface area contributed by atoms with Crippen LogP contribution < -0.4 is 11.5 Å². The standard InChI is InChI=1S/C15H18N2/c1-11-6-7-12(8-14(11)10-17)15-5-3-2-4-13(15)9-16/h2-8H,9-10,16-17H2,1H3. The van der Waals surface area contributed by atoms with Crippen molar-refractivity contribution in [2.24, 2.45) is 11.5 Å². The van der Waals surface area contributed by atoms with E-state index in [1.54, 1.807) is 0 Å². The number of aryl methyl sites for hydroxylation is 1. The second-order valence-corrected chi connectivity index (χ2v) is 4.21. The van der Waals surface area contributed by atoms with Crippen molar-refractivity contribution < 1.29 is 0 Å². The van der Waals surface area contributed by atoms with Gasteiger partial charge in [0.25, 0.3) is 0 Å². The number of hydrogen-bond donors (Lipinski definition) is 2. The number of nitrogens with two attached hydrogens (primary N) is 2. The first kappa shape index (κ1) is 11.8. The third-order valence-corrected chi connectivity index (χ3v) is 3.12. The average Bonchev–Trinajstić information content (AvgIpc) is 2.39. The van der Waals surface area contributed by atoms with Gasteiger partial charge >= 0.3 is 0 Å². The molecule has 0 unspecified atom stereocenters. The molecule has 17 heavy (non-hydrogen) atoms. The third kappa shape index (κ3) is 2.38. The van der Waals surface area contributed by atoms with E-state index in [0.29, 0.717) is 13.1 Å². The normalized spacial score (nSPS) is 10.5. The number of rotatable bonds is 3. The lowest BCUT2D eigenvalue weighted by atomic mass is 9.96. The Kier molecular flexibility index (Phi) is 3.57. The number of hydrogen-bond acceptors (Lipinski definition) is 2. The fourth-order valence-electron chi connectivity index (χ4n) is 2.04. The van der Waals surface area contributed by atoms with Crippen LogP contribution in [0.3, 0.4) is 0 Å². The Hall–Kier alpha value is -1.64. The van der Waals surface area contributed by atoms with E-state index in [4.69, 9.17) is 11.5 Å². The Balaban J connectivity index is 2.53. The minimum Gasteiger partial charge on any atom is -0.326 e. The Morgan fingerprint density at radius 1 is 0.882 bits per heavy atom. The molecule has 2 rings (SSSR count). The molecular weight excluding hydrogens is 208 g/mol. The predicted molar refractivity (Wildman–Crippen MR) is 72.4 cm³/mol. The molecule has 2 aromatic carbocycles. The first-order chi connectivity index (χ1) is 8.26. The van der Waals surface area contributed by atoms with E-state index in [0.717, 1.165) is 0 Å². The summed E-state index contributed by atoms with van der Waals surface area (Å²) in [6.45, 7) is 3.22. The summed E-state index contributed by atoms with van der Waals surface area (Å²) < 4.78 is 0. The summed E-state index contributed by atoms with van der Waals surface area (Å²) in [5.41, 5.74) is 17.5. The molecule has 4 N–H and O–H groups in total. The second-order valence-electron chi connectivity index (χ2n) is 4.21. The molecule has 0 heterocycles. The van der Waals surface area contributed by atoms with Gasteiger partial charge in [0.1, 0.15) is 0 Å². The van der Waals surface area contributed by atoms with E-state index in [1.165, 1.54) is 27.8 Å². The van der Waals surface area contributed by atoms with Gasteiger partial charge in [0, 0.05) is 13.1 Å². The maximum Gasteiger partial charge on any atom is 0.0184 e. The van der Waals surface area contributed by atoms with Crippen molar-refractivity contribution in [1.82, 2.24) is 0 Å². The third-order valence-electron chi connectivity index (χ3n) is 3.12. The molecule has 0 spiro atoms. The van der Waals surface area contributed by atoms with E-state index in [2.05, 4.69) is 37.3 Å². The van der Waals surface area contributed by atoms with E-state index in [1.807, 2.05) is 12.1 Å². The highest BCUT2D eigenvalue weighted by molar-refractivity contribution is 5.68. The maximum atomic E-state index is 5.76. The molecule has 88 valence electrons. The summed E-state index contributed by atoms with van der Waals surface area (Å²) in [7, 11) is 0. The molecule has 0 fully saturated rings. The molecule has 0 amide bonds. The van der Waals surface area contributed by atoms with Gasteiger partial charge in [-0.3, -0.25) is 0 Å². The molecule has 0 aliphatic rings. The highest BCUT2D eigenvalue weighted by Gasteiger charge is 2.05. The highest BCUT2D eigenvalue weighted by atomic mass is 14.5. The van der Waals surface area contributed by atoms with Crippen molar-refractivity contribution in [3.8, 4) is 11.1 Å². The Morgan fingerprint density at radius 2 is 1.59 bits per heavy atom. The Bertz CT molecular complexity index is 518. The summed E-state index contributed by atoms with van der Waals surface area (Å²) in [6, 6.07) is 14.6. The zero-order valence-corrected chi connectivity index (χ0v) is 10.1. The fourth-order valence-corrected chi connectivity index (χ4v) is 2.04. The van der Waals surface area contributed by atoms with Crippen LogP contribution in [0.1, 0.15) is 16.7 Å². The summed E-state index contributed by atoms with van der Waals surface area (Å²) in [4.78, 5) is 0. The number of benzene rings is 2. The highest BCUT2D eigenvalue weighted by Crippen LogP contribution is 2.25. The van der Waals surface area contributed by atoms with Gasteiger partial charge in [-0.1, -0.05) is 36.4 Å². The van der Waals surface area contributed by atoms with E-state index in [9.17, 15) is 0 Å². The van der Waals surface area contributed by atoms with Gasteiger partial charge in [-0.2, -0.15) is 0 Å². The largest absolute Gasteiger partial charge is 0.326 e.